The fourth-order valence-corrected chi connectivity index (χ4v) is 10.1. The van der Waals surface area contributed by atoms with Crippen molar-refractivity contribution in [2.45, 2.75) is 300 Å². The number of ether oxygens (including phenoxy) is 4. The summed E-state index contributed by atoms with van der Waals surface area (Å²) in [5.74, 6) is 10.7. The highest BCUT2D eigenvalue weighted by Gasteiger charge is 2.15. The number of hydrogen-bond donors (Lipinski definition) is 0. The highest BCUT2D eigenvalue weighted by atomic mass is 127. The van der Waals surface area contributed by atoms with Gasteiger partial charge in [-0.3, -0.25) is 0 Å². The van der Waals surface area contributed by atoms with Crippen molar-refractivity contribution >= 4 is 69.4 Å². The van der Waals surface area contributed by atoms with Crippen LogP contribution in [0.1, 0.15) is 252 Å². The molecule has 0 aliphatic heterocycles. The predicted octanol–water partition coefficient (Wildman–Crippen LogP) is 23.3. The standard InChI is InChI=1S/C36H62O2Si2.C26H44I2O2.C5H10Si.CH4/c1-9-11-13-15-17-19-21-23-27-37-35-31-34(26-30-40(6,7)8)36(32-33(35)25-29-39(3,4)5)38-28-24-22-20-18-16-14-12-10-2;1-3-5-7-9-11-13-15-17-19-29-25-21-24(28)26(22-23(25)27)30-20-18-16-14-12-10-8-6-4-2;1-5-6(2,3)4;/h31-32H,9-24,27-28H2,1-8H3;21-22H,3-20H2,1-2H3;1H,2-4H3;1H4. The Morgan fingerprint density at radius 1 is 0.338 bits per heavy atom. The van der Waals surface area contributed by atoms with Crippen LogP contribution >= 0.6 is 45.2 Å². The monoisotopic (exact) mass is 1340 g/mol. The van der Waals surface area contributed by atoms with Crippen molar-refractivity contribution in [3.8, 4) is 57.9 Å². The quantitative estimate of drug-likeness (QED) is 0.0288. The molecular formula is C68H120I2O4Si3. The average molecular weight is 1340 g/mol. The first kappa shape index (κ1) is 77.5. The Balaban J connectivity index is 0. The Morgan fingerprint density at radius 3 is 0.753 bits per heavy atom. The molecule has 2 rings (SSSR count). The largest absolute Gasteiger partial charge is 0.492 e. The lowest BCUT2D eigenvalue weighted by Gasteiger charge is -2.15. The zero-order valence-corrected chi connectivity index (χ0v) is 59.0. The molecule has 0 bridgehead atoms. The first-order chi connectivity index (χ1) is 36.3. The molecule has 9 heteroatoms. The summed E-state index contributed by atoms with van der Waals surface area (Å²) in [5.41, 5.74) is 11.7. The van der Waals surface area contributed by atoms with Gasteiger partial charge >= 0.3 is 0 Å². The topological polar surface area (TPSA) is 36.9 Å². The van der Waals surface area contributed by atoms with Crippen molar-refractivity contribution in [3.63, 3.8) is 0 Å². The second-order valence-electron chi connectivity index (χ2n) is 24.2. The third kappa shape index (κ3) is 48.8. The molecule has 77 heavy (non-hydrogen) atoms. The van der Waals surface area contributed by atoms with Crippen LogP contribution in [0.5, 0.6) is 23.0 Å². The molecule has 0 atom stereocenters. The van der Waals surface area contributed by atoms with Crippen LogP contribution < -0.4 is 18.9 Å². The molecule has 0 amide bonds. The molecule has 0 saturated carbocycles. The lowest BCUT2D eigenvalue weighted by atomic mass is 10.1. The van der Waals surface area contributed by atoms with Crippen molar-refractivity contribution < 1.29 is 18.9 Å². The van der Waals surface area contributed by atoms with Crippen molar-refractivity contribution in [2.75, 3.05) is 26.4 Å². The first-order valence-electron chi connectivity index (χ1n) is 31.0. The highest BCUT2D eigenvalue weighted by molar-refractivity contribution is 14.1. The predicted molar refractivity (Wildman–Crippen MR) is 370 cm³/mol. The molecule has 0 fully saturated rings. The van der Waals surface area contributed by atoms with Gasteiger partial charge in [0.05, 0.1) is 44.7 Å². The van der Waals surface area contributed by atoms with E-state index in [0.29, 0.717) is 0 Å². The molecule has 2 aromatic rings. The van der Waals surface area contributed by atoms with Gasteiger partial charge in [-0.25, -0.2) is 0 Å². The molecule has 0 radical (unpaired) electrons. The zero-order chi connectivity index (χ0) is 56.8. The van der Waals surface area contributed by atoms with Crippen LogP contribution in [0.2, 0.25) is 58.9 Å². The minimum Gasteiger partial charge on any atom is -0.492 e. The second kappa shape index (κ2) is 50.2. The number of halogens is 2. The summed E-state index contributed by atoms with van der Waals surface area (Å²) >= 11 is 4.74. The summed E-state index contributed by atoms with van der Waals surface area (Å²) < 4.78 is 27.1. The molecule has 0 aliphatic rings. The third-order valence-electron chi connectivity index (χ3n) is 12.7. The van der Waals surface area contributed by atoms with Gasteiger partial charge in [-0.15, -0.1) is 23.1 Å². The summed E-state index contributed by atoms with van der Waals surface area (Å²) in [7, 11) is -4.16. The molecule has 2 aromatic carbocycles. The van der Waals surface area contributed by atoms with E-state index in [0.717, 1.165) is 93.4 Å². The molecule has 442 valence electrons. The fraction of sp³-hybridized carbons (Fsp3) is 0.735. The summed E-state index contributed by atoms with van der Waals surface area (Å²) in [6.07, 6.45) is 47.2. The van der Waals surface area contributed by atoms with Crippen molar-refractivity contribution in [1.82, 2.24) is 0 Å². The maximum atomic E-state index is 6.37. The third-order valence-corrected chi connectivity index (χ3v) is 17.0. The van der Waals surface area contributed by atoms with Gasteiger partial charge in [0.15, 0.2) is 0 Å². The van der Waals surface area contributed by atoms with Crippen LogP contribution in [0.4, 0.5) is 0 Å². The Labute approximate surface area is 510 Å². The molecule has 0 unspecified atom stereocenters. The van der Waals surface area contributed by atoms with Crippen LogP contribution in [0, 0.1) is 42.0 Å². The molecule has 0 aromatic heterocycles. The summed E-state index contributed by atoms with van der Waals surface area (Å²) in [4.78, 5) is 0. The van der Waals surface area contributed by atoms with Gasteiger partial charge in [0.25, 0.3) is 0 Å². The molecule has 0 heterocycles. The highest BCUT2D eigenvalue weighted by Crippen LogP contribution is 2.32. The molecular weight excluding hydrogens is 1220 g/mol. The Bertz CT molecular complexity index is 1780. The van der Waals surface area contributed by atoms with E-state index in [9.17, 15) is 0 Å². The molecule has 0 saturated heterocycles. The minimum atomic E-state index is -1.53. The van der Waals surface area contributed by atoms with Crippen LogP contribution in [0.25, 0.3) is 0 Å². The Kier molecular flexibility index (Phi) is 50.5. The molecule has 4 nitrogen and oxygen atoms in total. The van der Waals surface area contributed by atoms with E-state index in [1.54, 1.807) is 0 Å². The van der Waals surface area contributed by atoms with E-state index in [-0.39, 0.29) is 7.43 Å². The van der Waals surface area contributed by atoms with Gasteiger partial charge in [0, 0.05) is 12.1 Å². The van der Waals surface area contributed by atoms with Gasteiger partial charge in [-0.2, -0.15) is 0 Å². The number of unbranched alkanes of at least 4 members (excludes halogenated alkanes) is 28. The lowest BCUT2D eigenvalue weighted by molar-refractivity contribution is 0.293. The fourth-order valence-electron chi connectivity index (χ4n) is 7.91. The zero-order valence-electron chi connectivity index (χ0n) is 51.7. The average Bonchev–Trinajstić information content (AvgIpc) is 3.36. The van der Waals surface area contributed by atoms with Gasteiger partial charge in [-0.1, -0.05) is 286 Å². The van der Waals surface area contributed by atoms with Crippen LogP contribution in [0.15, 0.2) is 24.3 Å². The van der Waals surface area contributed by atoms with Gasteiger partial charge in [0.1, 0.15) is 47.2 Å². The molecule has 0 aliphatic carbocycles. The van der Waals surface area contributed by atoms with Crippen LogP contribution in [-0.2, 0) is 0 Å². The second-order valence-corrected chi connectivity index (χ2v) is 40.9. The number of benzene rings is 2. The normalized spacial score (nSPS) is 11.0. The summed E-state index contributed by atoms with van der Waals surface area (Å²) in [6, 6.07) is 8.48. The van der Waals surface area contributed by atoms with Crippen LogP contribution in [0.3, 0.4) is 0 Å². The van der Waals surface area contributed by atoms with Crippen molar-refractivity contribution in [3.05, 3.63) is 42.5 Å². The smallest absolute Gasteiger partial charge is 0.136 e. The minimum absolute atomic E-state index is 0. The number of terminal acetylenes is 1. The van der Waals surface area contributed by atoms with E-state index in [4.69, 9.17) is 25.4 Å². The lowest BCUT2D eigenvalue weighted by Crippen LogP contribution is -2.16. The van der Waals surface area contributed by atoms with E-state index >= 15 is 0 Å². The van der Waals surface area contributed by atoms with Gasteiger partial charge < -0.3 is 18.9 Å². The van der Waals surface area contributed by atoms with Crippen molar-refractivity contribution in [1.29, 1.82) is 0 Å². The first-order valence-corrected chi connectivity index (χ1v) is 43.7. The Hall–Kier alpha value is -1.57. The molecule has 0 N–H and O–H groups in total. The number of hydrogen-bond acceptors (Lipinski definition) is 4. The molecule has 0 spiro atoms. The van der Waals surface area contributed by atoms with Gasteiger partial charge in [-0.05, 0) is 83.0 Å². The van der Waals surface area contributed by atoms with Crippen molar-refractivity contribution in [2.24, 2.45) is 0 Å². The maximum absolute atomic E-state index is 6.37. The van der Waals surface area contributed by atoms with E-state index < -0.39 is 24.2 Å². The van der Waals surface area contributed by atoms with E-state index in [1.807, 2.05) is 0 Å². The SMILES string of the molecule is C.C#C[Si](C)(C)C.CCCCCCCCCCOc1cc(C#C[Si](C)(C)C)c(OCCCCCCCCCC)cc1C#C[Si](C)(C)C.CCCCCCCCCCOc1cc(I)c(OCCCCCCCCCC)cc1I. The summed E-state index contributed by atoms with van der Waals surface area (Å²) in [5, 5.41) is 0. The van der Waals surface area contributed by atoms with E-state index in [2.05, 4.69) is 185 Å². The van der Waals surface area contributed by atoms with Gasteiger partial charge in [0.2, 0.25) is 0 Å². The summed E-state index contributed by atoms with van der Waals surface area (Å²) in [6.45, 7) is 32.4. The van der Waals surface area contributed by atoms with Crippen LogP contribution in [-0.4, -0.2) is 50.6 Å². The maximum Gasteiger partial charge on any atom is 0.136 e. The number of rotatable bonds is 40. The van der Waals surface area contributed by atoms with E-state index in [1.165, 1.54) is 180 Å². The Morgan fingerprint density at radius 2 is 0.545 bits per heavy atom.